The van der Waals surface area contributed by atoms with E-state index < -0.39 is 0 Å². The zero-order valence-corrected chi connectivity index (χ0v) is 11.5. The molecular weight excluding hydrogens is 236 g/mol. The smallest absolute Gasteiger partial charge is 0.0468 e. The summed E-state index contributed by atoms with van der Waals surface area (Å²) in [6, 6.07) is 10.9. The van der Waals surface area contributed by atoms with Gasteiger partial charge in [0.05, 0.1) is 0 Å². The average Bonchev–Trinajstić information content (AvgIpc) is 2.88. The van der Waals surface area contributed by atoms with Crippen LogP contribution in [0.15, 0.2) is 35.4 Å². The second-order valence-electron chi connectivity index (χ2n) is 5.65. The van der Waals surface area contributed by atoms with E-state index in [9.17, 15) is 0 Å². The summed E-state index contributed by atoms with van der Waals surface area (Å²) in [6.07, 6.45) is 4.49. The summed E-state index contributed by atoms with van der Waals surface area (Å²) in [4.78, 5) is 0. The Balaban J connectivity index is 1.84. The Kier molecular flexibility index (Phi) is 3.83. The lowest BCUT2D eigenvalue weighted by Crippen LogP contribution is -2.30. The molecule has 0 aliphatic carbocycles. The molecule has 0 spiro atoms. The van der Waals surface area contributed by atoms with Crippen molar-refractivity contribution in [3.63, 3.8) is 0 Å². The first kappa shape index (κ1) is 12.7. The molecule has 1 aromatic rings. The van der Waals surface area contributed by atoms with Crippen LogP contribution in [0.5, 0.6) is 0 Å². The first-order chi connectivity index (χ1) is 9.34. The fourth-order valence-corrected chi connectivity index (χ4v) is 3.42. The average molecular weight is 258 g/mol. The fourth-order valence-electron chi connectivity index (χ4n) is 3.42. The first-order valence-corrected chi connectivity index (χ1v) is 7.22. The van der Waals surface area contributed by atoms with Crippen molar-refractivity contribution >= 4 is 6.21 Å². The van der Waals surface area contributed by atoms with E-state index in [1.165, 1.54) is 18.4 Å². The van der Waals surface area contributed by atoms with Gasteiger partial charge in [0.2, 0.25) is 0 Å². The minimum atomic E-state index is 0.537. The number of hydrogen-bond acceptors (Lipinski definition) is 3. The normalized spacial score (nSPS) is 25.7. The maximum absolute atomic E-state index is 5.53. The van der Waals surface area contributed by atoms with E-state index in [4.69, 9.17) is 4.74 Å². The van der Waals surface area contributed by atoms with E-state index in [0.717, 1.165) is 25.7 Å². The lowest BCUT2D eigenvalue weighted by atomic mass is 9.74. The van der Waals surface area contributed by atoms with E-state index in [1.54, 1.807) is 0 Å². The molecule has 3 heteroatoms. The standard InChI is InChI=1S/C16H22N2O/c1-18-12-15(11-17-18)16(13-5-3-2-4-6-13)14-7-9-19-10-8-14/h2-6,11,14-16H,7-10,12H2,1H3. The van der Waals surface area contributed by atoms with Crippen LogP contribution in [0.4, 0.5) is 0 Å². The summed E-state index contributed by atoms with van der Waals surface area (Å²) in [5, 5.41) is 6.49. The van der Waals surface area contributed by atoms with Crippen LogP contribution < -0.4 is 0 Å². The van der Waals surface area contributed by atoms with Crippen LogP contribution in [0.2, 0.25) is 0 Å². The Morgan fingerprint density at radius 3 is 2.58 bits per heavy atom. The molecule has 0 N–H and O–H groups in total. The predicted octanol–water partition coefficient (Wildman–Crippen LogP) is 2.74. The largest absolute Gasteiger partial charge is 0.381 e. The lowest BCUT2D eigenvalue weighted by molar-refractivity contribution is 0.0533. The topological polar surface area (TPSA) is 24.8 Å². The van der Waals surface area contributed by atoms with Crippen molar-refractivity contribution in [1.29, 1.82) is 0 Å². The number of hydrogen-bond donors (Lipinski definition) is 0. The summed E-state index contributed by atoms with van der Waals surface area (Å²) in [5.41, 5.74) is 1.46. The van der Waals surface area contributed by atoms with Crippen LogP contribution in [0.3, 0.4) is 0 Å². The van der Waals surface area contributed by atoms with Crippen LogP contribution in [-0.4, -0.2) is 38.0 Å². The second-order valence-corrected chi connectivity index (χ2v) is 5.65. The van der Waals surface area contributed by atoms with Gasteiger partial charge in [0.1, 0.15) is 0 Å². The van der Waals surface area contributed by atoms with Gasteiger partial charge >= 0.3 is 0 Å². The fraction of sp³-hybridized carbons (Fsp3) is 0.562. The van der Waals surface area contributed by atoms with Crippen LogP contribution in [0.1, 0.15) is 24.3 Å². The van der Waals surface area contributed by atoms with Crippen molar-refractivity contribution in [2.45, 2.75) is 18.8 Å². The van der Waals surface area contributed by atoms with Crippen LogP contribution in [0.25, 0.3) is 0 Å². The van der Waals surface area contributed by atoms with Gasteiger partial charge in [0.15, 0.2) is 0 Å². The predicted molar refractivity (Wildman–Crippen MR) is 77.3 cm³/mol. The molecule has 2 unspecified atom stereocenters. The molecule has 0 radical (unpaired) electrons. The minimum absolute atomic E-state index is 0.537. The molecule has 0 saturated carbocycles. The molecule has 2 heterocycles. The third kappa shape index (κ3) is 2.81. The van der Waals surface area contributed by atoms with Crippen LogP contribution in [-0.2, 0) is 4.74 Å². The van der Waals surface area contributed by atoms with Crippen molar-refractivity contribution < 1.29 is 4.74 Å². The number of rotatable bonds is 3. The van der Waals surface area contributed by atoms with Crippen molar-refractivity contribution in [1.82, 2.24) is 5.01 Å². The first-order valence-electron chi connectivity index (χ1n) is 7.22. The third-order valence-corrected chi connectivity index (χ3v) is 4.35. The second kappa shape index (κ2) is 5.74. The highest BCUT2D eigenvalue weighted by molar-refractivity contribution is 5.64. The highest BCUT2D eigenvalue weighted by Gasteiger charge is 2.33. The zero-order valence-electron chi connectivity index (χ0n) is 11.5. The van der Waals surface area contributed by atoms with Crippen molar-refractivity contribution in [3.8, 4) is 0 Å². The molecule has 1 saturated heterocycles. The SMILES string of the molecule is CN1CC(C(c2ccccc2)C2CCOCC2)C=N1. The molecular formula is C16H22N2O. The zero-order chi connectivity index (χ0) is 13.1. The molecule has 2 aliphatic rings. The Morgan fingerprint density at radius 1 is 1.21 bits per heavy atom. The van der Waals surface area contributed by atoms with E-state index in [1.807, 2.05) is 0 Å². The molecule has 19 heavy (non-hydrogen) atoms. The van der Waals surface area contributed by atoms with Gasteiger partial charge in [-0.3, -0.25) is 5.01 Å². The van der Waals surface area contributed by atoms with Gasteiger partial charge in [0.25, 0.3) is 0 Å². The number of benzene rings is 1. The summed E-state index contributed by atoms with van der Waals surface area (Å²) in [6.45, 7) is 2.86. The minimum Gasteiger partial charge on any atom is -0.381 e. The number of hydrazone groups is 1. The molecule has 2 atom stereocenters. The Morgan fingerprint density at radius 2 is 1.95 bits per heavy atom. The molecule has 1 fully saturated rings. The van der Waals surface area contributed by atoms with Crippen LogP contribution in [0, 0.1) is 11.8 Å². The summed E-state index contributed by atoms with van der Waals surface area (Å²) in [7, 11) is 2.06. The summed E-state index contributed by atoms with van der Waals surface area (Å²) >= 11 is 0. The molecule has 3 rings (SSSR count). The molecule has 3 nitrogen and oxygen atoms in total. The molecule has 0 amide bonds. The van der Waals surface area contributed by atoms with E-state index in [0.29, 0.717) is 11.8 Å². The molecule has 0 aromatic heterocycles. The Labute approximate surface area is 115 Å². The van der Waals surface area contributed by atoms with Crippen molar-refractivity contribution in [2.75, 3.05) is 26.8 Å². The third-order valence-electron chi connectivity index (χ3n) is 4.35. The molecule has 2 aliphatic heterocycles. The molecule has 102 valence electrons. The van der Waals surface area contributed by atoms with Gasteiger partial charge in [-0.2, -0.15) is 5.10 Å². The van der Waals surface area contributed by atoms with E-state index >= 15 is 0 Å². The quantitative estimate of drug-likeness (QED) is 0.833. The Hall–Kier alpha value is -1.35. The van der Waals surface area contributed by atoms with Crippen LogP contribution >= 0.6 is 0 Å². The molecule has 0 bridgehead atoms. The number of ether oxygens (including phenoxy) is 1. The van der Waals surface area contributed by atoms with Crippen molar-refractivity contribution in [3.05, 3.63) is 35.9 Å². The van der Waals surface area contributed by atoms with E-state index in [2.05, 4.69) is 53.7 Å². The van der Waals surface area contributed by atoms with Gasteiger partial charge in [-0.25, -0.2) is 0 Å². The van der Waals surface area contributed by atoms with Gasteiger partial charge in [-0.15, -0.1) is 0 Å². The lowest BCUT2D eigenvalue weighted by Gasteiger charge is -2.33. The van der Waals surface area contributed by atoms with Gasteiger partial charge < -0.3 is 4.74 Å². The van der Waals surface area contributed by atoms with Gasteiger partial charge in [-0.1, -0.05) is 30.3 Å². The number of nitrogens with zero attached hydrogens (tertiary/aromatic N) is 2. The van der Waals surface area contributed by atoms with Gasteiger partial charge in [-0.05, 0) is 30.2 Å². The van der Waals surface area contributed by atoms with Gasteiger partial charge in [0, 0.05) is 38.9 Å². The van der Waals surface area contributed by atoms with E-state index in [-0.39, 0.29) is 0 Å². The summed E-state index contributed by atoms with van der Waals surface area (Å²) in [5.74, 6) is 1.84. The summed E-state index contributed by atoms with van der Waals surface area (Å²) < 4.78 is 5.53. The van der Waals surface area contributed by atoms with Crippen molar-refractivity contribution in [2.24, 2.45) is 16.9 Å². The maximum Gasteiger partial charge on any atom is 0.0468 e. The highest BCUT2D eigenvalue weighted by atomic mass is 16.5. The highest BCUT2D eigenvalue weighted by Crippen LogP contribution is 2.38. The molecule has 1 aromatic carbocycles. The monoisotopic (exact) mass is 258 g/mol. The maximum atomic E-state index is 5.53. The Bertz CT molecular complexity index is 426.